The largest absolute Gasteiger partial charge is 0.497 e. The highest BCUT2D eigenvalue weighted by molar-refractivity contribution is 6.33. The molecule has 0 bridgehead atoms. The van der Waals surface area contributed by atoms with Gasteiger partial charge in [0.1, 0.15) is 11.8 Å². The Morgan fingerprint density at radius 2 is 2.00 bits per heavy atom. The summed E-state index contributed by atoms with van der Waals surface area (Å²) in [6.07, 6.45) is 0.386. The molecular formula is C16H17N3O6. The number of esters is 1. The van der Waals surface area contributed by atoms with E-state index < -0.39 is 35.9 Å². The van der Waals surface area contributed by atoms with Crippen LogP contribution in [0.25, 0.3) is 0 Å². The molecule has 0 spiro atoms. The maximum atomic E-state index is 12.9. The number of amides is 4. The molecule has 2 heterocycles. The quantitative estimate of drug-likeness (QED) is 0.591. The summed E-state index contributed by atoms with van der Waals surface area (Å²) in [6.45, 7) is 0.182. The van der Waals surface area contributed by atoms with Gasteiger partial charge in [0.25, 0.3) is 5.91 Å². The molecule has 2 atom stereocenters. The van der Waals surface area contributed by atoms with E-state index in [2.05, 4.69) is 10.1 Å². The maximum Gasteiger partial charge on any atom is 0.396 e. The van der Waals surface area contributed by atoms with Gasteiger partial charge in [-0.2, -0.15) is 0 Å². The van der Waals surface area contributed by atoms with Gasteiger partial charge in [-0.15, -0.1) is 0 Å². The first kappa shape index (κ1) is 16.7. The first-order valence-electron chi connectivity index (χ1n) is 7.65. The van der Waals surface area contributed by atoms with E-state index >= 15 is 0 Å². The van der Waals surface area contributed by atoms with E-state index in [9.17, 15) is 19.2 Å². The second-order valence-electron chi connectivity index (χ2n) is 5.65. The van der Waals surface area contributed by atoms with Gasteiger partial charge in [-0.3, -0.25) is 9.59 Å². The molecule has 0 radical (unpaired) electrons. The van der Waals surface area contributed by atoms with E-state index in [0.29, 0.717) is 17.9 Å². The molecule has 0 aliphatic carbocycles. The van der Waals surface area contributed by atoms with Crippen LogP contribution in [0.4, 0.5) is 10.5 Å². The third-order valence-electron chi connectivity index (χ3n) is 4.32. The number of hydrogen-bond donors (Lipinski definition) is 1. The molecule has 9 heteroatoms. The fourth-order valence-corrected chi connectivity index (χ4v) is 3.13. The fraction of sp³-hybridized carbons (Fsp3) is 0.375. The van der Waals surface area contributed by atoms with Crippen LogP contribution < -0.4 is 15.0 Å². The Morgan fingerprint density at radius 3 is 2.68 bits per heavy atom. The minimum absolute atomic E-state index is 0.182. The van der Waals surface area contributed by atoms with Crippen LogP contribution in [0.5, 0.6) is 5.75 Å². The second-order valence-corrected chi connectivity index (χ2v) is 5.65. The van der Waals surface area contributed by atoms with Crippen molar-refractivity contribution in [2.45, 2.75) is 18.5 Å². The van der Waals surface area contributed by atoms with Gasteiger partial charge < -0.3 is 19.7 Å². The Labute approximate surface area is 143 Å². The highest BCUT2D eigenvalue weighted by Crippen LogP contribution is 2.29. The molecule has 2 saturated heterocycles. The molecule has 2 fully saturated rings. The van der Waals surface area contributed by atoms with Crippen LogP contribution in [0.1, 0.15) is 6.42 Å². The smallest absolute Gasteiger partial charge is 0.396 e. The predicted molar refractivity (Wildman–Crippen MR) is 84.9 cm³/mol. The average Bonchev–Trinajstić information content (AvgIpc) is 3.04. The Morgan fingerprint density at radius 1 is 1.24 bits per heavy atom. The van der Waals surface area contributed by atoms with Gasteiger partial charge in [-0.05, 0) is 18.6 Å². The number of carbonyl (C=O) groups excluding carboxylic acids is 4. The summed E-state index contributed by atoms with van der Waals surface area (Å²) < 4.78 is 9.56. The van der Waals surface area contributed by atoms with Crippen molar-refractivity contribution in [3.05, 3.63) is 24.3 Å². The number of likely N-dealkylation sites (tertiary alicyclic amines) is 1. The van der Waals surface area contributed by atoms with Crippen molar-refractivity contribution in [3.8, 4) is 5.75 Å². The Balaban J connectivity index is 1.92. The van der Waals surface area contributed by atoms with Crippen LogP contribution in [-0.4, -0.2) is 61.6 Å². The maximum absolute atomic E-state index is 12.9. The van der Waals surface area contributed by atoms with E-state index in [1.165, 1.54) is 7.11 Å². The lowest BCUT2D eigenvalue weighted by Gasteiger charge is -2.36. The van der Waals surface area contributed by atoms with Crippen molar-refractivity contribution in [2.24, 2.45) is 0 Å². The number of fused-ring (bicyclic) bond motifs is 1. The van der Waals surface area contributed by atoms with Crippen molar-refractivity contribution in [1.29, 1.82) is 0 Å². The molecule has 25 heavy (non-hydrogen) atoms. The van der Waals surface area contributed by atoms with Crippen molar-refractivity contribution >= 4 is 29.5 Å². The number of hydrogen-bond acceptors (Lipinski definition) is 6. The summed E-state index contributed by atoms with van der Waals surface area (Å²) in [7, 11) is 2.57. The number of carbonyl (C=O) groups is 4. The Hall–Kier alpha value is -3.10. The summed E-state index contributed by atoms with van der Waals surface area (Å²) in [5.41, 5.74) is 0.317. The van der Waals surface area contributed by atoms with Crippen LogP contribution in [0.2, 0.25) is 0 Å². The molecule has 0 aromatic heterocycles. The first-order valence-corrected chi connectivity index (χ1v) is 7.65. The van der Waals surface area contributed by atoms with Crippen molar-refractivity contribution in [3.63, 3.8) is 0 Å². The molecule has 2 aliphatic heterocycles. The summed E-state index contributed by atoms with van der Waals surface area (Å²) in [5, 5.41) is 2.72. The number of urea groups is 1. The topological polar surface area (TPSA) is 105 Å². The van der Waals surface area contributed by atoms with Crippen LogP contribution >= 0.6 is 0 Å². The van der Waals surface area contributed by atoms with E-state index in [0.717, 1.165) is 16.9 Å². The molecule has 1 aromatic carbocycles. The van der Waals surface area contributed by atoms with Gasteiger partial charge in [0.15, 0.2) is 0 Å². The van der Waals surface area contributed by atoms with Crippen molar-refractivity contribution < 1.29 is 28.7 Å². The van der Waals surface area contributed by atoms with E-state index in [1.807, 2.05) is 0 Å². The van der Waals surface area contributed by atoms with E-state index in [-0.39, 0.29) is 6.54 Å². The number of nitrogens with zero attached hydrogens (tertiary/aromatic N) is 2. The minimum Gasteiger partial charge on any atom is -0.497 e. The third kappa shape index (κ3) is 2.77. The highest BCUT2D eigenvalue weighted by atomic mass is 16.5. The fourth-order valence-electron chi connectivity index (χ4n) is 3.13. The summed E-state index contributed by atoms with van der Waals surface area (Å²) >= 11 is 0. The molecule has 9 nitrogen and oxygen atoms in total. The lowest BCUT2D eigenvalue weighted by Crippen LogP contribution is -2.65. The summed E-state index contributed by atoms with van der Waals surface area (Å²) in [4.78, 5) is 51.1. The van der Waals surface area contributed by atoms with E-state index in [1.54, 1.807) is 24.3 Å². The van der Waals surface area contributed by atoms with Crippen LogP contribution in [0, 0.1) is 0 Å². The normalized spacial score (nSPS) is 22.3. The molecule has 2 aliphatic rings. The van der Waals surface area contributed by atoms with Gasteiger partial charge >= 0.3 is 17.9 Å². The highest BCUT2D eigenvalue weighted by Gasteiger charge is 2.51. The molecular weight excluding hydrogens is 330 g/mol. The molecule has 0 saturated carbocycles. The number of ether oxygens (including phenoxy) is 2. The monoisotopic (exact) mass is 347 g/mol. The van der Waals surface area contributed by atoms with Crippen molar-refractivity contribution in [1.82, 2.24) is 10.2 Å². The number of imide groups is 1. The van der Waals surface area contributed by atoms with Gasteiger partial charge in [0.05, 0.1) is 25.9 Å². The third-order valence-corrected chi connectivity index (χ3v) is 4.32. The number of nitrogens with one attached hydrogen (secondary N) is 1. The SMILES string of the molecule is COC(=O)C(=O)N1CC[C@H]2NC(=O)N(c3cccc(OC)c3)C(=O)[C@H]21. The predicted octanol–water partition coefficient (Wildman–Crippen LogP) is -0.106. The lowest BCUT2D eigenvalue weighted by atomic mass is 10.0. The zero-order valence-corrected chi connectivity index (χ0v) is 13.7. The molecule has 132 valence electrons. The molecule has 1 N–H and O–H groups in total. The Bertz CT molecular complexity index is 749. The van der Waals surface area contributed by atoms with Gasteiger partial charge in [0, 0.05) is 12.6 Å². The minimum atomic E-state index is -1.04. The number of methoxy groups -OCH3 is 2. The average molecular weight is 347 g/mol. The number of rotatable bonds is 2. The summed E-state index contributed by atoms with van der Waals surface area (Å²) in [6, 6.07) is 4.40. The molecule has 1 aromatic rings. The van der Waals surface area contributed by atoms with Crippen molar-refractivity contribution in [2.75, 3.05) is 25.7 Å². The number of benzene rings is 1. The summed E-state index contributed by atoms with van der Waals surface area (Å²) in [5.74, 6) is -2.03. The number of anilines is 1. The van der Waals surface area contributed by atoms with Crippen LogP contribution in [0.15, 0.2) is 24.3 Å². The van der Waals surface area contributed by atoms with Crippen LogP contribution in [0.3, 0.4) is 0 Å². The van der Waals surface area contributed by atoms with Gasteiger partial charge in [0.2, 0.25) is 0 Å². The van der Waals surface area contributed by atoms with Gasteiger partial charge in [-0.1, -0.05) is 6.07 Å². The zero-order valence-electron chi connectivity index (χ0n) is 13.7. The second kappa shape index (κ2) is 6.42. The standard InChI is InChI=1S/C16H17N3O6/c1-24-10-5-3-4-9(8-10)19-13(20)12-11(17-16(19)23)6-7-18(12)14(21)15(22)25-2/h3-5,8,11-12H,6-7H2,1-2H3,(H,17,23)/t11-,12+/m1/s1. The molecule has 3 rings (SSSR count). The van der Waals surface area contributed by atoms with Gasteiger partial charge in [-0.25, -0.2) is 14.5 Å². The van der Waals surface area contributed by atoms with Crippen LogP contribution in [-0.2, 0) is 19.1 Å². The first-order chi connectivity index (χ1) is 12.0. The Kier molecular flexibility index (Phi) is 4.30. The molecule has 0 unspecified atom stereocenters. The molecule has 4 amide bonds. The van der Waals surface area contributed by atoms with E-state index in [4.69, 9.17) is 4.74 Å². The lowest BCUT2D eigenvalue weighted by molar-refractivity contribution is -0.159. The zero-order chi connectivity index (χ0) is 18.1.